The quantitative estimate of drug-likeness (QED) is 0.842. The van der Waals surface area contributed by atoms with Crippen LogP contribution in [-0.4, -0.2) is 65.0 Å². The summed E-state index contributed by atoms with van der Waals surface area (Å²) in [6.45, 7) is 1.66. The van der Waals surface area contributed by atoms with Crippen LogP contribution in [0.4, 0.5) is 9.18 Å². The Hall–Kier alpha value is -2.64. The summed E-state index contributed by atoms with van der Waals surface area (Å²) in [4.78, 5) is 39.1. The van der Waals surface area contributed by atoms with Gasteiger partial charge in [-0.2, -0.15) is 0 Å². The van der Waals surface area contributed by atoms with Crippen LogP contribution in [-0.2, 0) is 4.79 Å². The number of urea groups is 1. The number of aliphatic carboxylic acids is 1. The van der Waals surface area contributed by atoms with Crippen molar-refractivity contribution in [3.8, 4) is 0 Å². The first-order valence-corrected chi connectivity index (χ1v) is 9.27. The van der Waals surface area contributed by atoms with E-state index in [9.17, 15) is 18.8 Å². The molecule has 2 heterocycles. The first-order chi connectivity index (χ1) is 13.0. The molecule has 0 spiro atoms. The van der Waals surface area contributed by atoms with Gasteiger partial charge in [-0.3, -0.25) is 9.59 Å². The predicted molar refractivity (Wildman–Crippen MR) is 95.8 cm³/mol. The van der Waals surface area contributed by atoms with Crippen molar-refractivity contribution in [2.45, 2.75) is 31.7 Å². The van der Waals surface area contributed by atoms with Gasteiger partial charge < -0.3 is 20.2 Å². The van der Waals surface area contributed by atoms with E-state index in [1.54, 1.807) is 21.9 Å². The molecule has 0 radical (unpaired) electrons. The number of benzene rings is 1. The molecular weight excluding hydrogens is 353 g/mol. The molecule has 0 bridgehead atoms. The van der Waals surface area contributed by atoms with E-state index < -0.39 is 17.7 Å². The van der Waals surface area contributed by atoms with Gasteiger partial charge in [-0.1, -0.05) is 12.1 Å². The fourth-order valence-electron chi connectivity index (χ4n) is 3.66. The molecule has 8 heteroatoms. The smallest absolute Gasteiger partial charge is 0.317 e. The average Bonchev–Trinajstić information content (AvgIpc) is 2.68. The summed E-state index contributed by atoms with van der Waals surface area (Å²) in [5.41, 5.74) is 0.0630. The number of carbonyl (C=O) groups excluding carboxylic acids is 2. The van der Waals surface area contributed by atoms with Gasteiger partial charge in [-0.25, -0.2) is 9.18 Å². The fraction of sp³-hybridized carbons (Fsp3) is 0.526. The molecule has 2 aliphatic heterocycles. The van der Waals surface area contributed by atoms with Crippen molar-refractivity contribution in [2.24, 2.45) is 5.92 Å². The second-order valence-electron chi connectivity index (χ2n) is 7.12. The Kier molecular flexibility index (Phi) is 5.93. The van der Waals surface area contributed by atoms with Crippen LogP contribution < -0.4 is 5.32 Å². The number of piperidine rings is 2. The molecule has 2 aliphatic rings. The zero-order valence-electron chi connectivity index (χ0n) is 15.1. The number of halogens is 1. The summed E-state index contributed by atoms with van der Waals surface area (Å²) in [7, 11) is 0. The molecule has 1 aromatic carbocycles. The highest BCUT2D eigenvalue weighted by molar-refractivity contribution is 5.94. The van der Waals surface area contributed by atoms with Crippen LogP contribution in [0.15, 0.2) is 24.3 Å². The Bertz CT molecular complexity index is 719. The lowest BCUT2D eigenvalue weighted by Gasteiger charge is -2.35. The number of carbonyl (C=O) groups is 3. The first-order valence-electron chi connectivity index (χ1n) is 9.27. The maximum atomic E-state index is 13.8. The van der Waals surface area contributed by atoms with Gasteiger partial charge in [-0.05, 0) is 37.8 Å². The third-order valence-corrected chi connectivity index (χ3v) is 5.27. The molecule has 146 valence electrons. The lowest BCUT2D eigenvalue weighted by Crippen LogP contribution is -2.52. The Balaban J connectivity index is 1.49. The lowest BCUT2D eigenvalue weighted by molar-refractivity contribution is -0.143. The maximum absolute atomic E-state index is 13.8. The zero-order chi connectivity index (χ0) is 19.4. The topological polar surface area (TPSA) is 89.9 Å². The highest BCUT2D eigenvalue weighted by atomic mass is 19.1. The van der Waals surface area contributed by atoms with E-state index in [-0.39, 0.29) is 30.1 Å². The van der Waals surface area contributed by atoms with E-state index >= 15 is 0 Å². The highest BCUT2D eigenvalue weighted by Crippen LogP contribution is 2.19. The van der Waals surface area contributed by atoms with Crippen molar-refractivity contribution in [3.05, 3.63) is 35.6 Å². The van der Waals surface area contributed by atoms with Crippen LogP contribution in [0.3, 0.4) is 0 Å². The summed E-state index contributed by atoms with van der Waals surface area (Å²) < 4.78 is 13.8. The molecule has 1 aromatic rings. The molecule has 0 aromatic heterocycles. The summed E-state index contributed by atoms with van der Waals surface area (Å²) in [6.07, 6.45) is 2.44. The van der Waals surface area contributed by atoms with Gasteiger partial charge in [0.25, 0.3) is 5.91 Å². The van der Waals surface area contributed by atoms with Crippen molar-refractivity contribution < 1.29 is 23.9 Å². The van der Waals surface area contributed by atoms with E-state index in [1.807, 2.05) is 0 Å². The normalized spacial score (nSPS) is 21.0. The van der Waals surface area contributed by atoms with E-state index in [0.717, 1.165) is 0 Å². The Morgan fingerprint density at radius 3 is 2.41 bits per heavy atom. The predicted octanol–water partition coefficient (Wildman–Crippen LogP) is 1.94. The summed E-state index contributed by atoms with van der Waals surface area (Å²) in [6, 6.07) is 5.59. The number of carboxylic acid groups (broad SMARTS) is 1. The number of nitrogens with zero attached hydrogens (tertiary/aromatic N) is 2. The molecule has 2 N–H and O–H groups in total. The maximum Gasteiger partial charge on any atom is 0.317 e. The van der Waals surface area contributed by atoms with Crippen molar-refractivity contribution in [1.29, 1.82) is 0 Å². The monoisotopic (exact) mass is 377 g/mol. The summed E-state index contributed by atoms with van der Waals surface area (Å²) in [5, 5.41) is 12.1. The number of likely N-dealkylation sites (tertiary alicyclic amines) is 2. The number of hydrogen-bond acceptors (Lipinski definition) is 3. The van der Waals surface area contributed by atoms with Gasteiger partial charge in [0.15, 0.2) is 0 Å². The van der Waals surface area contributed by atoms with Crippen molar-refractivity contribution in [2.75, 3.05) is 26.2 Å². The molecule has 0 aliphatic carbocycles. The van der Waals surface area contributed by atoms with E-state index in [1.165, 1.54) is 12.1 Å². The van der Waals surface area contributed by atoms with Crippen molar-refractivity contribution >= 4 is 17.9 Å². The Labute approximate surface area is 157 Å². The second-order valence-corrected chi connectivity index (χ2v) is 7.12. The third-order valence-electron chi connectivity index (χ3n) is 5.27. The summed E-state index contributed by atoms with van der Waals surface area (Å²) in [5.74, 6) is -2.24. The van der Waals surface area contributed by atoms with Crippen molar-refractivity contribution in [3.63, 3.8) is 0 Å². The lowest BCUT2D eigenvalue weighted by atomic mass is 9.98. The first kappa shape index (κ1) is 19.1. The number of amides is 3. The van der Waals surface area contributed by atoms with Crippen LogP contribution in [0, 0.1) is 11.7 Å². The molecule has 27 heavy (non-hydrogen) atoms. The molecule has 1 atom stereocenters. The van der Waals surface area contributed by atoms with E-state index in [4.69, 9.17) is 5.11 Å². The van der Waals surface area contributed by atoms with Crippen LogP contribution in [0.2, 0.25) is 0 Å². The zero-order valence-corrected chi connectivity index (χ0v) is 15.1. The highest BCUT2D eigenvalue weighted by Gasteiger charge is 2.30. The van der Waals surface area contributed by atoms with Crippen LogP contribution in [0.25, 0.3) is 0 Å². The number of nitrogens with one attached hydrogen (secondary N) is 1. The van der Waals surface area contributed by atoms with Gasteiger partial charge in [0.05, 0.1) is 11.5 Å². The summed E-state index contributed by atoms with van der Waals surface area (Å²) >= 11 is 0. The standard InChI is InChI=1S/C19H24FN3O4/c20-16-6-2-1-5-15(16)17(24)22-10-7-14(8-11-22)21-19(27)23-9-3-4-13(12-23)18(25)26/h1-2,5-6,13-14H,3-4,7-12H2,(H,21,27)(H,25,26). The average molecular weight is 377 g/mol. The van der Waals surface area contributed by atoms with Crippen molar-refractivity contribution in [1.82, 2.24) is 15.1 Å². The largest absolute Gasteiger partial charge is 0.481 e. The molecule has 7 nitrogen and oxygen atoms in total. The Morgan fingerprint density at radius 1 is 1.04 bits per heavy atom. The van der Waals surface area contributed by atoms with Gasteiger partial charge in [0.1, 0.15) is 5.82 Å². The van der Waals surface area contributed by atoms with Crippen LogP contribution >= 0.6 is 0 Å². The third kappa shape index (κ3) is 4.56. The minimum absolute atomic E-state index is 0.0630. The van der Waals surface area contributed by atoms with Gasteiger partial charge in [-0.15, -0.1) is 0 Å². The number of carboxylic acids is 1. The molecule has 0 saturated carbocycles. The number of hydrogen-bond donors (Lipinski definition) is 2. The van der Waals surface area contributed by atoms with Gasteiger partial charge in [0, 0.05) is 32.2 Å². The molecule has 2 saturated heterocycles. The van der Waals surface area contributed by atoms with E-state index in [2.05, 4.69) is 5.32 Å². The fourth-order valence-corrected chi connectivity index (χ4v) is 3.66. The van der Waals surface area contributed by atoms with E-state index in [0.29, 0.717) is 45.3 Å². The van der Waals surface area contributed by atoms with Crippen LogP contribution in [0.1, 0.15) is 36.0 Å². The van der Waals surface area contributed by atoms with Gasteiger partial charge in [0.2, 0.25) is 0 Å². The van der Waals surface area contributed by atoms with Crippen LogP contribution in [0.5, 0.6) is 0 Å². The SMILES string of the molecule is O=C(O)C1CCCN(C(=O)NC2CCN(C(=O)c3ccccc3F)CC2)C1. The Morgan fingerprint density at radius 2 is 1.74 bits per heavy atom. The molecule has 3 amide bonds. The van der Waals surface area contributed by atoms with Gasteiger partial charge >= 0.3 is 12.0 Å². The molecule has 2 fully saturated rings. The minimum atomic E-state index is -0.868. The molecule has 3 rings (SSSR count). The minimum Gasteiger partial charge on any atom is -0.481 e. The number of rotatable bonds is 3. The molecule has 1 unspecified atom stereocenters. The second kappa shape index (κ2) is 8.37. The molecular formula is C19H24FN3O4.